The molecular weight excluding hydrogens is 335 g/mol. The third kappa shape index (κ3) is 4.22. The normalized spacial score (nSPS) is 11.0. The number of benzene rings is 3. The predicted molar refractivity (Wildman–Crippen MR) is 102 cm³/mol. The molecular formula is C21H19FS2. The van der Waals surface area contributed by atoms with Crippen LogP contribution in [0.4, 0.5) is 4.39 Å². The van der Waals surface area contributed by atoms with Crippen LogP contribution in [0.3, 0.4) is 0 Å². The fraction of sp³-hybridized carbons (Fsp3) is 0.143. The quantitative estimate of drug-likeness (QED) is 0.473. The van der Waals surface area contributed by atoms with Crippen LogP contribution in [-0.2, 0) is 0 Å². The minimum absolute atomic E-state index is 0.177. The van der Waals surface area contributed by atoms with Crippen molar-refractivity contribution in [2.75, 3.05) is 0 Å². The van der Waals surface area contributed by atoms with Gasteiger partial charge in [0.25, 0.3) is 0 Å². The van der Waals surface area contributed by atoms with Gasteiger partial charge in [0, 0.05) is 19.6 Å². The highest BCUT2D eigenvalue weighted by atomic mass is 32.2. The van der Waals surface area contributed by atoms with Crippen LogP contribution < -0.4 is 0 Å². The lowest BCUT2D eigenvalue weighted by molar-refractivity contribution is 0.602. The van der Waals surface area contributed by atoms with Gasteiger partial charge in [-0.15, -0.1) is 0 Å². The molecule has 3 heteroatoms. The summed E-state index contributed by atoms with van der Waals surface area (Å²) in [5, 5.41) is 0. The molecule has 0 spiro atoms. The zero-order chi connectivity index (χ0) is 16.9. The lowest BCUT2D eigenvalue weighted by Crippen LogP contribution is -1.86. The Labute approximate surface area is 151 Å². The van der Waals surface area contributed by atoms with Crippen molar-refractivity contribution in [3.8, 4) is 0 Å². The Morgan fingerprint density at radius 3 is 1.79 bits per heavy atom. The molecule has 0 nitrogen and oxygen atoms in total. The van der Waals surface area contributed by atoms with E-state index in [2.05, 4.69) is 44.2 Å². The summed E-state index contributed by atoms with van der Waals surface area (Å²) in [7, 11) is 0. The molecule has 24 heavy (non-hydrogen) atoms. The average Bonchev–Trinajstić information content (AvgIpc) is 2.59. The Hall–Kier alpha value is -1.71. The van der Waals surface area contributed by atoms with E-state index in [9.17, 15) is 4.39 Å². The highest BCUT2D eigenvalue weighted by molar-refractivity contribution is 8.02. The fourth-order valence-electron chi connectivity index (χ4n) is 2.31. The van der Waals surface area contributed by atoms with E-state index in [1.165, 1.54) is 28.3 Å². The van der Waals surface area contributed by atoms with E-state index in [0.717, 1.165) is 9.79 Å². The van der Waals surface area contributed by atoms with E-state index in [-0.39, 0.29) is 5.82 Å². The van der Waals surface area contributed by atoms with Crippen molar-refractivity contribution >= 4 is 23.5 Å². The van der Waals surface area contributed by atoms with Crippen molar-refractivity contribution < 1.29 is 4.39 Å². The summed E-state index contributed by atoms with van der Waals surface area (Å²) in [6.45, 7) is 4.39. The second-order valence-corrected chi connectivity index (χ2v) is 8.00. The minimum Gasteiger partial charge on any atom is -0.206 e. The molecule has 0 amide bonds. The van der Waals surface area contributed by atoms with Crippen molar-refractivity contribution in [2.45, 2.75) is 39.3 Å². The summed E-state index contributed by atoms with van der Waals surface area (Å²) in [4.78, 5) is 4.06. The van der Waals surface area contributed by atoms with Crippen LogP contribution in [0.1, 0.15) is 25.3 Å². The van der Waals surface area contributed by atoms with Gasteiger partial charge in [0.05, 0.1) is 0 Å². The Kier molecular flexibility index (Phi) is 5.64. The first-order chi connectivity index (χ1) is 11.6. The molecule has 0 bridgehead atoms. The molecule has 0 heterocycles. The molecule has 0 saturated heterocycles. The van der Waals surface area contributed by atoms with Gasteiger partial charge in [0.1, 0.15) is 5.82 Å². The Morgan fingerprint density at radius 2 is 1.21 bits per heavy atom. The number of rotatable bonds is 5. The van der Waals surface area contributed by atoms with Crippen LogP contribution in [0.15, 0.2) is 92.4 Å². The van der Waals surface area contributed by atoms with Crippen LogP contribution in [0.25, 0.3) is 0 Å². The van der Waals surface area contributed by atoms with E-state index >= 15 is 0 Å². The largest absolute Gasteiger partial charge is 0.206 e. The van der Waals surface area contributed by atoms with Gasteiger partial charge in [-0.1, -0.05) is 73.8 Å². The van der Waals surface area contributed by atoms with Crippen LogP contribution in [0.2, 0.25) is 0 Å². The van der Waals surface area contributed by atoms with Gasteiger partial charge in [-0.25, -0.2) is 4.39 Å². The van der Waals surface area contributed by atoms with Gasteiger partial charge >= 0.3 is 0 Å². The molecule has 0 aliphatic heterocycles. The standard InChI is InChI=1S/C21H19FS2/c1-15(2)16-11-13-17(14-12-16)23-20-9-5-6-10-21(20)24-19-8-4-3-7-18(19)22/h3-15H,1-2H3. The maximum absolute atomic E-state index is 13.9. The molecule has 0 radical (unpaired) electrons. The maximum atomic E-state index is 13.9. The number of hydrogen-bond donors (Lipinski definition) is 0. The monoisotopic (exact) mass is 354 g/mol. The fourth-order valence-corrected chi connectivity index (χ4v) is 4.27. The van der Waals surface area contributed by atoms with Gasteiger partial charge in [-0.05, 0) is 47.9 Å². The Balaban J connectivity index is 1.83. The number of halogens is 1. The lowest BCUT2D eigenvalue weighted by atomic mass is 10.0. The van der Waals surface area contributed by atoms with Gasteiger partial charge < -0.3 is 0 Å². The van der Waals surface area contributed by atoms with Crippen molar-refractivity contribution in [3.63, 3.8) is 0 Å². The van der Waals surface area contributed by atoms with E-state index in [1.54, 1.807) is 17.8 Å². The Bertz CT molecular complexity index is 810. The highest BCUT2D eigenvalue weighted by Crippen LogP contribution is 2.39. The van der Waals surface area contributed by atoms with Gasteiger partial charge in [-0.2, -0.15) is 0 Å². The van der Waals surface area contributed by atoms with Gasteiger partial charge in [0.2, 0.25) is 0 Å². The molecule has 0 aliphatic carbocycles. The van der Waals surface area contributed by atoms with Crippen molar-refractivity contribution in [2.24, 2.45) is 0 Å². The molecule has 0 aromatic heterocycles. The smallest absolute Gasteiger partial charge is 0.137 e. The topological polar surface area (TPSA) is 0 Å². The van der Waals surface area contributed by atoms with Gasteiger partial charge in [0.15, 0.2) is 0 Å². The molecule has 3 aromatic carbocycles. The average molecular weight is 355 g/mol. The van der Waals surface area contributed by atoms with Crippen molar-refractivity contribution in [1.29, 1.82) is 0 Å². The minimum atomic E-state index is -0.177. The van der Waals surface area contributed by atoms with Crippen LogP contribution in [0, 0.1) is 5.82 Å². The first-order valence-electron chi connectivity index (χ1n) is 7.92. The lowest BCUT2D eigenvalue weighted by Gasteiger charge is -2.10. The van der Waals surface area contributed by atoms with E-state index in [4.69, 9.17) is 0 Å². The zero-order valence-electron chi connectivity index (χ0n) is 13.7. The first-order valence-corrected chi connectivity index (χ1v) is 9.56. The molecule has 0 N–H and O–H groups in total. The van der Waals surface area contributed by atoms with E-state index in [0.29, 0.717) is 10.8 Å². The molecule has 122 valence electrons. The molecule has 3 rings (SSSR count). The number of hydrogen-bond acceptors (Lipinski definition) is 2. The predicted octanol–water partition coefficient (Wildman–Crippen LogP) is 7.25. The summed E-state index contributed by atoms with van der Waals surface area (Å²) in [5.41, 5.74) is 1.34. The Morgan fingerprint density at radius 1 is 0.667 bits per heavy atom. The molecule has 0 unspecified atom stereocenters. The van der Waals surface area contributed by atoms with E-state index < -0.39 is 0 Å². The van der Waals surface area contributed by atoms with E-state index in [1.807, 2.05) is 30.3 Å². The third-order valence-corrected chi connectivity index (χ3v) is 6.02. The third-order valence-electron chi connectivity index (χ3n) is 3.68. The maximum Gasteiger partial charge on any atom is 0.137 e. The summed E-state index contributed by atoms with van der Waals surface area (Å²) < 4.78 is 13.9. The first kappa shape index (κ1) is 17.1. The van der Waals surface area contributed by atoms with Crippen LogP contribution in [-0.4, -0.2) is 0 Å². The van der Waals surface area contributed by atoms with Crippen LogP contribution >= 0.6 is 23.5 Å². The zero-order valence-corrected chi connectivity index (χ0v) is 15.3. The highest BCUT2D eigenvalue weighted by Gasteiger charge is 2.09. The van der Waals surface area contributed by atoms with Gasteiger partial charge in [-0.3, -0.25) is 0 Å². The summed E-state index contributed by atoms with van der Waals surface area (Å²) in [6.07, 6.45) is 0. The van der Waals surface area contributed by atoms with Crippen LogP contribution in [0.5, 0.6) is 0 Å². The van der Waals surface area contributed by atoms with Crippen molar-refractivity contribution in [3.05, 3.63) is 84.2 Å². The molecule has 3 aromatic rings. The SMILES string of the molecule is CC(C)c1ccc(Sc2ccccc2Sc2ccccc2F)cc1. The summed E-state index contributed by atoms with van der Waals surface area (Å²) in [5.74, 6) is 0.358. The summed E-state index contributed by atoms with van der Waals surface area (Å²) >= 11 is 3.19. The van der Waals surface area contributed by atoms with Crippen molar-refractivity contribution in [1.82, 2.24) is 0 Å². The summed E-state index contributed by atoms with van der Waals surface area (Å²) in [6, 6.07) is 23.7. The molecule has 0 aliphatic rings. The second-order valence-electron chi connectivity index (χ2n) is 5.81. The second kappa shape index (κ2) is 7.91. The molecule has 0 fully saturated rings. The molecule has 0 saturated carbocycles. The molecule has 0 atom stereocenters.